The van der Waals surface area contributed by atoms with E-state index in [4.69, 9.17) is 5.73 Å². The molecule has 0 unspecified atom stereocenters. The highest BCUT2D eigenvalue weighted by Crippen LogP contribution is 2.09. The molecule has 0 fully saturated rings. The standard InChI is InChI=1S/C13H14F2N2O2/c1-7(2)5-11(12(16)18)17-13(19)8-3-4-9(14)10(15)6-8/h3-4,6,11H,1,5H2,2H3,(H2,16,18)(H,17,19)/t11-/m0/s1. The van der Waals surface area contributed by atoms with Gasteiger partial charge in [0.1, 0.15) is 6.04 Å². The molecule has 0 heterocycles. The summed E-state index contributed by atoms with van der Waals surface area (Å²) in [7, 11) is 0. The van der Waals surface area contributed by atoms with E-state index in [1.54, 1.807) is 6.92 Å². The monoisotopic (exact) mass is 268 g/mol. The van der Waals surface area contributed by atoms with Crippen molar-refractivity contribution >= 4 is 11.8 Å². The Morgan fingerprint density at radius 1 is 1.37 bits per heavy atom. The van der Waals surface area contributed by atoms with Crippen LogP contribution in [-0.2, 0) is 4.79 Å². The molecule has 0 bridgehead atoms. The number of primary amides is 1. The lowest BCUT2D eigenvalue weighted by molar-refractivity contribution is -0.119. The Balaban J connectivity index is 2.84. The zero-order valence-electron chi connectivity index (χ0n) is 10.4. The molecule has 0 aliphatic heterocycles. The van der Waals surface area contributed by atoms with E-state index < -0.39 is 29.5 Å². The number of carbonyl (C=O) groups excluding carboxylic acids is 2. The first-order chi connectivity index (χ1) is 8.81. The highest BCUT2D eigenvalue weighted by Gasteiger charge is 2.19. The van der Waals surface area contributed by atoms with E-state index in [9.17, 15) is 18.4 Å². The Morgan fingerprint density at radius 3 is 2.47 bits per heavy atom. The molecule has 19 heavy (non-hydrogen) atoms. The van der Waals surface area contributed by atoms with Gasteiger partial charge in [-0.15, -0.1) is 6.58 Å². The van der Waals surface area contributed by atoms with Gasteiger partial charge in [0.25, 0.3) is 5.91 Å². The Bertz CT molecular complexity index is 529. The zero-order chi connectivity index (χ0) is 14.6. The number of hydrogen-bond acceptors (Lipinski definition) is 2. The van der Waals surface area contributed by atoms with Crippen LogP contribution in [0.15, 0.2) is 30.4 Å². The molecule has 1 atom stereocenters. The number of hydrogen-bond donors (Lipinski definition) is 2. The van der Waals surface area contributed by atoms with Gasteiger partial charge < -0.3 is 11.1 Å². The van der Waals surface area contributed by atoms with Gasteiger partial charge in [0, 0.05) is 5.56 Å². The summed E-state index contributed by atoms with van der Waals surface area (Å²) in [5, 5.41) is 2.35. The number of amides is 2. The van der Waals surface area contributed by atoms with E-state index in [1.165, 1.54) is 0 Å². The third kappa shape index (κ3) is 4.17. The lowest BCUT2D eigenvalue weighted by Crippen LogP contribution is -2.44. The molecule has 6 heteroatoms. The summed E-state index contributed by atoms with van der Waals surface area (Å²) in [6.07, 6.45) is 0.185. The molecule has 0 radical (unpaired) electrons. The quantitative estimate of drug-likeness (QED) is 0.795. The average molecular weight is 268 g/mol. The van der Waals surface area contributed by atoms with Crippen molar-refractivity contribution in [3.05, 3.63) is 47.5 Å². The van der Waals surface area contributed by atoms with Gasteiger partial charge in [0.15, 0.2) is 11.6 Å². The minimum Gasteiger partial charge on any atom is -0.368 e. The summed E-state index contributed by atoms with van der Waals surface area (Å²) < 4.78 is 25.7. The zero-order valence-corrected chi connectivity index (χ0v) is 10.4. The fraction of sp³-hybridized carbons (Fsp3) is 0.231. The van der Waals surface area contributed by atoms with E-state index >= 15 is 0 Å². The lowest BCUT2D eigenvalue weighted by atomic mass is 10.1. The molecule has 0 aromatic heterocycles. The molecule has 1 aromatic rings. The topological polar surface area (TPSA) is 72.2 Å². The largest absolute Gasteiger partial charge is 0.368 e. The Morgan fingerprint density at radius 2 is 2.00 bits per heavy atom. The number of benzene rings is 1. The van der Waals surface area contributed by atoms with Crippen LogP contribution in [0.3, 0.4) is 0 Å². The Hall–Kier alpha value is -2.24. The summed E-state index contributed by atoms with van der Waals surface area (Å²) in [5.41, 5.74) is 5.71. The van der Waals surface area contributed by atoms with Crippen LogP contribution in [0.1, 0.15) is 23.7 Å². The third-order valence-corrected chi connectivity index (χ3v) is 2.38. The first-order valence-corrected chi connectivity index (χ1v) is 5.51. The van der Waals surface area contributed by atoms with Crippen LogP contribution in [0.2, 0.25) is 0 Å². The van der Waals surface area contributed by atoms with Crippen LogP contribution in [0.4, 0.5) is 8.78 Å². The summed E-state index contributed by atoms with van der Waals surface area (Å²) >= 11 is 0. The van der Waals surface area contributed by atoms with Crippen LogP contribution in [0, 0.1) is 11.6 Å². The van der Waals surface area contributed by atoms with Crippen LogP contribution >= 0.6 is 0 Å². The fourth-order valence-corrected chi connectivity index (χ4v) is 1.45. The van der Waals surface area contributed by atoms with E-state index in [-0.39, 0.29) is 12.0 Å². The maximum Gasteiger partial charge on any atom is 0.252 e. The summed E-state index contributed by atoms with van der Waals surface area (Å²) in [6, 6.07) is 1.77. The Labute approximate surface area is 109 Å². The van der Waals surface area contributed by atoms with E-state index in [2.05, 4.69) is 11.9 Å². The highest BCUT2D eigenvalue weighted by atomic mass is 19.2. The molecule has 3 N–H and O–H groups in total. The van der Waals surface area contributed by atoms with Crippen molar-refractivity contribution in [2.45, 2.75) is 19.4 Å². The Kier molecular flexibility index (Phi) is 4.74. The average Bonchev–Trinajstić information content (AvgIpc) is 2.31. The molecule has 0 saturated heterocycles. The van der Waals surface area contributed by atoms with Crippen LogP contribution in [0.25, 0.3) is 0 Å². The molecule has 4 nitrogen and oxygen atoms in total. The molecule has 0 aliphatic carbocycles. The van der Waals surface area contributed by atoms with Crippen molar-refractivity contribution in [3.8, 4) is 0 Å². The van der Waals surface area contributed by atoms with Crippen molar-refractivity contribution in [3.63, 3.8) is 0 Å². The molecule has 0 aliphatic rings. The first-order valence-electron chi connectivity index (χ1n) is 5.51. The van der Waals surface area contributed by atoms with Crippen molar-refractivity contribution in [2.75, 3.05) is 0 Å². The number of halogens is 2. The maximum absolute atomic E-state index is 13.0. The van der Waals surface area contributed by atoms with Crippen LogP contribution < -0.4 is 11.1 Å². The fourth-order valence-electron chi connectivity index (χ4n) is 1.45. The van der Waals surface area contributed by atoms with Crippen molar-refractivity contribution in [1.82, 2.24) is 5.32 Å². The van der Waals surface area contributed by atoms with Gasteiger partial charge in [-0.25, -0.2) is 8.78 Å². The lowest BCUT2D eigenvalue weighted by Gasteiger charge is -2.15. The van der Waals surface area contributed by atoms with Crippen molar-refractivity contribution in [1.29, 1.82) is 0 Å². The second kappa shape index (κ2) is 6.08. The molecule has 0 saturated carbocycles. The molecule has 0 spiro atoms. The van der Waals surface area contributed by atoms with Gasteiger partial charge in [0.05, 0.1) is 0 Å². The van der Waals surface area contributed by atoms with Crippen LogP contribution in [-0.4, -0.2) is 17.9 Å². The smallest absolute Gasteiger partial charge is 0.252 e. The summed E-state index contributed by atoms with van der Waals surface area (Å²) in [5.74, 6) is -3.61. The molecular formula is C13H14F2N2O2. The second-order valence-electron chi connectivity index (χ2n) is 4.22. The molecular weight excluding hydrogens is 254 g/mol. The number of rotatable bonds is 5. The minimum atomic E-state index is -1.14. The van der Waals surface area contributed by atoms with Crippen molar-refractivity contribution in [2.24, 2.45) is 5.73 Å². The number of nitrogens with one attached hydrogen (secondary N) is 1. The molecule has 2 amide bonds. The first kappa shape index (κ1) is 14.8. The van der Waals surface area contributed by atoms with Crippen molar-refractivity contribution < 1.29 is 18.4 Å². The predicted octanol–water partition coefficient (Wildman–Crippen LogP) is 1.51. The van der Waals surface area contributed by atoms with E-state index in [0.29, 0.717) is 5.57 Å². The van der Waals surface area contributed by atoms with Crippen LogP contribution in [0.5, 0.6) is 0 Å². The van der Waals surface area contributed by atoms with Gasteiger partial charge in [0.2, 0.25) is 5.91 Å². The normalized spacial score (nSPS) is 11.7. The van der Waals surface area contributed by atoms with E-state index in [1.807, 2.05) is 0 Å². The summed E-state index contributed by atoms with van der Waals surface area (Å²) in [4.78, 5) is 22.9. The van der Waals surface area contributed by atoms with Gasteiger partial charge in [-0.2, -0.15) is 0 Å². The number of carbonyl (C=O) groups is 2. The highest BCUT2D eigenvalue weighted by molar-refractivity contribution is 5.97. The van der Waals surface area contributed by atoms with E-state index in [0.717, 1.165) is 18.2 Å². The molecule has 1 rings (SSSR count). The van der Waals surface area contributed by atoms with Gasteiger partial charge in [-0.05, 0) is 31.5 Å². The van der Waals surface area contributed by atoms with Gasteiger partial charge in [-0.3, -0.25) is 9.59 Å². The SMILES string of the molecule is C=C(C)C[C@H](NC(=O)c1ccc(F)c(F)c1)C(N)=O. The van der Waals surface area contributed by atoms with Gasteiger partial charge >= 0.3 is 0 Å². The van der Waals surface area contributed by atoms with Gasteiger partial charge in [-0.1, -0.05) is 5.57 Å². The number of nitrogens with two attached hydrogens (primary N) is 1. The second-order valence-corrected chi connectivity index (χ2v) is 4.22. The third-order valence-electron chi connectivity index (χ3n) is 2.38. The predicted molar refractivity (Wildman–Crippen MR) is 66.2 cm³/mol. The molecule has 1 aromatic carbocycles. The molecule has 102 valence electrons. The maximum atomic E-state index is 13.0. The minimum absolute atomic E-state index is 0.0909. The summed E-state index contributed by atoms with van der Waals surface area (Å²) in [6.45, 7) is 5.29.